The number of nitrogens with zero attached hydrogens (tertiary/aromatic N) is 2. The highest BCUT2D eigenvalue weighted by molar-refractivity contribution is 7.92. The minimum Gasteiger partial charge on any atom is -0.354 e. The first-order valence-electron chi connectivity index (χ1n) is 14.3. The van der Waals surface area contributed by atoms with Crippen molar-refractivity contribution in [2.24, 2.45) is 0 Å². The van der Waals surface area contributed by atoms with Crippen LogP contribution in [0, 0.1) is 5.82 Å². The van der Waals surface area contributed by atoms with Crippen molar-refractivity contribution in [3.05, 3.63) is 132 Å². The number of rotatable bonds is 14. The van der Waals surface area contributed by atoms with E-state index in [0.29, 0.717) is 6.54 Å². The van der Waals surface area contributed by atoms with E-state index in [1.807, 2.05) is 67.6 Å². The number of benzene rings is 4. The molecule has 0 saturated heterocycles. The molecule has 4 aromatic rings. The Hall–Kier alpha value is -4.50. The van der Waals surface area contributed by atoms with Crippen LogP contribution in [0.2, 0.25) is 0 Å². The van der Waals surface area contributed by atoms with Crippen LogP contribution in [0.4, 0.5) is 10.1 Å². The van der Waals surface area contributed by atoms with Gasteiger partial charge in [-0.15, -0.1) is 0 Å². The van der Waals surface area contributed by atoms with Gasteiger partial charge in [0.2, 0.25) is 11.8 Å². The maximum atomic E-state index is 14.3. The molecule has 9 heteroatoms. The summed E-state index contributed by atoms with van der Waals surface area (Å²) in [5.74, 6) is -1.43. The third-order valence-electron chi connectivity index (χ3n) is 7.02. The van der Waals surface area contributed by atoms with E-state index >= 15 is 0 Å². The molecular weight excluding hydrogens is 565 g/mol. The van der Waals surface area contributed by atoms with Gasteiger partial charge in [-0.3, -0.25) is 13.9 Å². The predicted molar refractivity (Wildman–Crippen MR) is 166 cm³/mol. The Kier molecular flexibility index (Phi) is 11.0. The first-order valence-corrected chi connectivity index (χ1v) is 15.7. The van der Waals surface area contributed by atoms with Crippen LogP contribution < -0.4 is 9.62 Å². The van der Waals surface area contributed by atoms with Crippen molar-refractivity contribution in [3.63, 3.8) is 0 Å². The predicted octanol–water partition coefficient (Wildman–Crippen LogP) is 5.58. The van der Waals surface area contributed by atoms with Crippen molar-refractivity contribution in [1.82, 2.24) is 10.2 Å². The summed E-state index contributed by atoms with van der Waals surface area (Å²) in [7, 11) is -4.23. The Morgan fingerprint density at radius 2 is 1.35 bits per heavy atom. The molecule has 0 aliphatic carbocycles. The molecule has 0 aliphatic rings. The number of carbonyl (C=O) groups is 2. The van der Waals surface area contributed by atoms with E-state index in [1.54, 1.807) is 18.2 Å². The normalized spacial score (nSPS) is 11.9. The minimum absolute atomic E-state index is 0.0140. The van der Waals surface area contributed by atoms with Gasteiger partial charge in [0.15, 0.2) is 0 Å². The SMILES string of the molecule is CCCCNC(=O)[C@H](Cc1ccccc1)N(Cc1ccccc1)C(=O)CN(c1ccc(F)cc1)S(=O)(=O)c1ccccc1. The van der Waals surface area contributed by atoms with Crippen molar-refractivity contribution < 1.29 is 22.4 Å². The molecule has 43 heavy (non-hydrogen) atoms. The molecule has 2 amide bonds. The van der Waals surface area contributed by atoms with Crippen molar-refractivity contribution in [1.29, 1.82) is 0 Å². The molecule has 0 saturated carbocycles. The zero-order valence-corrected chi connectivity index (χ0v) is 24.9. The van der Waals surface area contributed by atoms with Crippen LogP contribution in [0.1, 0.15) is 30.9 Å². The van der Waals surface area contributed by atoms with Gasteiger partial charge >= 0.3 is 0 Å². The van der Waals surface area contributed by atoms with Crippen LogP contribution in [0.3, 0.4) is 0 Å². The maximum absolute atomic E-state index is 14.3. The largest absolute Gasteiger partial charge is 0.354 e. The minimum atomic E-state index is -4.23. The van der Waals surface area contributed by atoms with Gasteiger partial charge in [-0.2, -0.15) is 0 Å². The number of hydrogen-bond acceptors (Lipinski definition) is 4. The Bertz CT molecular complexity index is 1570. The van der Waals surface area contributed by atoms with E-state index in [0.717, 1.165) is 40.4 Å². The monoisotopic (exact) mass is 601 g/mol. The fourth-order valence-electron chi connectivity index (χ4n) is 4.70. The van der Waals surface area contributed by atoms with Gasteiger partial charge in [0, 0.05) is 19.5 Å². The van der Waals surface area contributed by atoms with E-state index in [9.17, 15) is 22.4 Å². The molecule has 1 atom stereocenters. The average molecular weight is 602 g/mol. The number of hydrogen-bond donors (Lipinski definition) is 1. The third kappa shape index (κ3) is 8.51. The van der Waals surface area contributed by atoms with Crippen LogP contribution in [0.15, 0.2) is 120 Å². The highest BCUT2D eigenvalue weighted by Crippen LogP contribution is 2.25. The second-order valence-electron chi connectivity index (χ2n) is 10.2. The summed E-state index contributed by atoms with van der Waals surface area (Å²) in [5.41, 5.74) is 1.77. The number of carbonyl (C=O) groups excluding carboxylic acids is 2. The summed E-state index contributed by atoms with van der Waals surface area (Å²) < 4.78 is 42.6. The standard InChI is InChI=1S/C34H36FN3O4S/c1-2-3-23-36-34(40)32(24-27-13-7-4-8-14-27)37(25-28-15-9-5-10-16-28)33(39)26-38(30-21-19-29(35)20-22-30)43(41,42)31-17-11-6-12-18-31/h4-22,32H,2-3,23-26H2,1H3,(H,36,40)/t32-/m0/s1. The molecule has 0 aromatic heterocycles. The number of unbranched alkanes of at least 4 members (excludes halogenated alkanes) is 1. The summed E-state index contributed by atoms with van der Waals surface area (Å²) in [6, 6.07) is 30.4. The number of sulfonamides is 1. The maximum Gasteiger partial charge on any atom is 0.264 e. The number of anilines is 1. The summed E-state index contributed by atoms with van der Waals surface area (Å²) >= 11 is 0. The molecule has 0 heterocycles. The van der Waals surface area contributed by atoms with E-state index < -0.39 is 34.3 Å². The molecule has 0 unspecified atom stereocenters. The Labute approximate surface area is 253 Å². The Morgan fingerprint density at radius 1 is 0.791 bits per heavy atom. The van der Waals surface area contributed by atoms with E-state index in [2.05, 4.69) is 5.32 Å². The third-order valence-corrected chi connectivity index (χ3v) is 8.81. The lowest BCUT2D eigenvalue weighted by molar-refractivity contribution is -0.140. The molecule has 0 fully saturated rings. The molecule has 224 valence electrons. The summed E-state index contributed by atoms with van der Waals surface area (Å²) in [6.07, 6.45) is 1.91. The number of amides is 2. The zero-order chi connectivity index (χ0) is 30.7. The Balaban J connectivity index is 1.76. The van der Waals surface area contributed by atoms with Crippen molar-refractivity contribution in [3.8, 4) is 0 Å². The lowest BCUT2D eigenvalue weighted by Crippen LogP contribution is -2.53. The van der Waals surface area contributed by atoms with E-state index in [1.165, 1.54) is 29.2 Å². The molecular formula is C34H36FN3O4S. The van der Waals surface area contributed by atoms with Crippen LogP contribution in [-0.4, -0.2) is 44.3 Å². The van der Waals surface area contributed by atoms with Gasteiger partial charge in [-0.05, 0) is 53.9 Å². The van der Waals surface area contributed by atoms with Crippen LogP contribution in [0.25, 0.3) is 0 Å². The fraction of sp³-hybridized carbons (Fsp3) is 0.235. The molecule has 0 aliphatic heterocycles. The van der Waals surface area contributed by atoms with Crippen molar-refractivity contribution in [2.45, 2.75) is 43.7 Å². The van der Waals surface area contributed by atoms with Gasteiger partial charge in [-0.1, -0.05) is 92.2 Å². The van der Waals surface area contributed by atoms with Gasteiger partial charge in [0.25, 0.3) is 10.0 Å². The lowest BCUT2D eigenvalue weighted by atomic mass is 10.0. The second kappa shape index (κ2) is 15.1. The average Bonchev–Trinajstić information content (AvgIpc) is 3.03. The van der Waals surface area contributed by atoms with Crippen LogP contribution >= 0.6 is 0 Å². The molecule has 0 bridgehead atoms. The molecule has 0 radical (unpaired) electrons. The summed E-state index contributed by atoms with van der Waals surface area (Å²) in [4.78, 5) is 29.4. The molecule has 1 N–H and O–H groups in total. The summed E-state index contributed by atoms with van der Waals surface area (Å²) in [5, 5.41) is 2.97. The molecule has 4 rings (SSSR count). The first kappa shape index (κ1) is 31.4. The van der Waals surface area contributed by atoms with Crippen molar-refractivity contribution in [2.75, 3.05) is 17.4 Å². The Morgan fingerprint density at radius 3 is 1.93 bits per heavy atom. The number of nitrogens with one attached hydrogen (secondary N) is 1. The van der Waals surface area contributed by atoms with E-state index in [4.69, 9.17) is 0 Å². The smallest absolute Gasteiger partial charge is 0.264 e. The lowest BCUT2D eigenvalue weighted by Gasteiger charge is -2.34. The van der Waals surface area contributed by atoms with Gasteiger partial charge in [-0.25, -0.2) is 12.8 Å². The second-order valence-corrected chi connectivity index (χ2v) is 12.0. The first-order chi connectivity index (χ1) is 20.8. The zero-order valence-electron chi connectivity index (χ0n) is 24.1. The van der Waals surface area contributed by atoms with Gasteiger partial charge in [0.05, 0.1) is 10.6 Å². The highest BCUT2D eigenvalue weighted by atomic mass is 32.2. The van der Waals surface area contributed by atoms with Crippen LogP contribution in [-0.2, 0) is 32.6 Å². The molecule has 0 spiro atoms. The highest BCUT2D eigenvalue weighted by Gasteiger charge is 2.34. The molecule has 7 nitrogen and oxygen atoms in total. The van der Waals surface area contributed by atoms with E-state index in [-0.39, 0.29) is 29.5 Å². The van der Waals surface area contributed by atoms with Gasteiger partial charge < -0.3 is 10.2 Å². The fourth-order valence-corrected chi connectivity index (χ4v) is 6.13. The topological polar surface area (TPSA) is 86.8 Å². The van der Waals surface area contributed by atoms with Crippen molar-refractivity contribution >= 4 is 27.5 Å². The molecule has 4 aromatic carbocycles. The van der Waals surface area contributed by atoms with Crippen LogP contribution in [0.5, 0.6) is 0 Å². The quantitative estimate of drug-likeness (QED) is 0.191. The summed E-state index contributed by atoms with van der Waals surface area (Å²) in [6.45, 7) is 1.97. The number of halogens is 1. The van der Waals surface area contributed by atoms with Gasteiger partial charge in [0.1, 0.15) is 18.4 Å².